The minimum atomic E-state index is -3.98. The Kier molecular flexibility index (Phi) is 9.04. The average Bonchev–Trinajstić information content (AvgIpc) is 2.97. The number of nitrogens with one attached hydrogen (secondary N) is 2. The van der Waals surface area contributed by atoms with E-state index in [1.807, 2.05) is 18.2 Å². The molecule has 0 spiro atoms. The number of anilines is 2. The number of hydrazone groups is 1. The Hall–Kier alpha value is -4.96. The van der Waals surface area contributed by atoms with Crippen molar-refractivity contribution in [3.8, 4) is 5.75 Å². The molecule has 4 rings (SSSR count). The zero-order valence-corrected chi connectivity index (χ0v) is 21.6. The molecule has 4 aromatic carbocycles. The van der Waals surface area contributed by atoms with Crippen LogP contribution in [0.5, 0.6) is 5.75 Å². The van der Waals surface area contributed by atoms with Gasteiger partial charge in [-0.1, -0.05) is 54.6 Å². The Balaban J connectivity index is 1.32. The van der Waals surface area contributed by atoms with E-state index >= 15 is 0 Å². The third kappa shape index (κ3) is 7.76. The number of ether oxygens (including phenoxy) is 1. The summed E-state index contributed by atoms with van der Waals surface area (Å²) in [5.41, 5.74) is 4.07. The van der Waals surface area contributed by atoms with Crippen LogP contribution >= 0.6 is 0 Å². The van der Waals surface area contributed by atoms with Crippen LogP contribution < -0.4 is 19.8 Å². The van der Waals surface area contributed by atoms with Gasteiger partial charge in [0.15, 0.2) is 6.61 Å². The van der Waals surface area contributed by atoms with Crippen molar-refractivity contribution in [2.75, 3.05) is 22.8 Å². The predicted octanol–water partition coefficient (Wildman–Crippen LogP) is 4.05. The van der Waals surface area contributed by atoms with Gasteiger partial charge in [-0.3, -0.25) is 13.9 Å². The number of carbonyl (C=O) groups is 2. The Bertz CT molecular complexity index is 1510. The number of nitrogens with zero attached hydrogens (tertiary/aromatic N) is 2. The molecule has 10 heteroatoms. The summed E-state index contributed by atoms with van der Waals surface area (Å²) in [7, 11) is -3.98. The van der Waals surface area contributed by atoms with Crippen LogP contribution in [-0.2, 0) is 19.6 Å². The normalized spacial score (nSPS) is 11.1. The molecule has 9 nitrogen and oxygen atoms in total. The van der Waals surface area contributed by atoms with E-state index in [9.17, 15) is 18.0 Å². The topological polar surface area (TPSA) is 117 Å². The number of benzene rings is 4. The number of sulfonamides is 1. The van der Waals surface area contributed by atoms with E-state index in [0.717, 1.165) is 4.31 Å². The van der Waals surface area contributed by atoms with Gasteiger partial charge in [0.25, 0.3) is 21.8 Å². The number of hydrogen-bond acceptors (Lipinski definition) is 6. The SMILES string of the molecule is O=C(CN(c1ccccc1)S(=O)(=O)c1ccccc1)N/N=C\c1ccc(OCC(=O)Nc2ccccc2)cc1. The molecular weight excluding hydrogens is 516 g/mol. The molecule has 0 heterocycles. The van der Waals surface area contributed by atoms with Crippen molar-refractivity contribution in [1.29, 1.82) is 0 Å². The Labute approximate surface area is 226 Å². The first-order valence-electron chi connectivity index (χ1n) is 11.9. The molecule has 0 saturated heterocycles. The standard InChI is InChI=1S/C29H26N4O5S/c34-28(21-33(25-12-6-2-7-13-25)39(36,37)27-14-8-3-9-15-27)32-30-20-23-16-18-26(19-17-23)38-22-29(35)31-24-10-4-1-5-11-24/h1-20H,21-22H2,(H,31,35)(H,32,34)/b30-20-. The summed E-state index contributed by atoms with van der Waals surface area (Å²) in [5.74, 6) is -0.406. The maximum atomic E-state index is 13.3. The van der Waals surface area contributed by atoms with Crippen molar-refractivity contribution in [3.63, 3.8) is 0 Å². The number of rotatable bonds is 11. The highest BCUT2D eigenvalue weighted by Gasteiger charge is 2.26. The molecular formula is C29H26N4O5S. The zero-order chi connectivity index (χ0) is 27.5. The first kappa shape index (κ1) is 27.1. The number of hydrogen-bond donors (Lipinski definition) is 2. The fourth-order valence-corrected chi connectivity index (χ4v) is 4.93. The van der Waals surface area contributed by atoms with Crippen LogP contribution in [0.4, 0.5) is 11.4 Å². The minimum Gasteiger partial charge on any atom is -0.484 e. The van der Waals surface area contributed by atoms with Crippen LogP contribution in [0.2, 0.25) is 0 Å². The molecule has 0 aliphatic carbocycles. The molecule has 0 radical (unpaired) electrons. The average molecular weight is 543 g/mol. The molecule has 198 valence electrons. The third-order valence-electron chi connectivity index (χ3n) is 5.37. The highest BCUT2D eigenvalue weighted by Crippen LogP contribution is 2.23. The van der Waals surface area contributed by atoms with Gasteiger partial charge in [-0.05, 0) is 66.2 Å². The second-order valence-electron chi connectivity index (χ2n) is 8.23. The van der Waals surface area contributed by atoms with Crippen LogP contribution in [0.3, 0.4) is 0 Å². The second kappa shape index (κ2) is 13.0. The Morgan fingerprint density at radius 1 is 0.769 bits per heavy atom. The van der Waals surface area contributed by atoms with Gasteiger partial charge in [-0.25, -0.2) is 13.8 Å². The van der Waals surface area contributed by atoms with Crippen molar-refractivity contribution in [1.82, 2.24) is 5.43 Å². The summed E-state index contributed by atoms with van der Waals surface area (Å²) in [4.78, 5) is 24.7. The summed E-state index contributed by atoms with van der Waals surface area (Å²) in [6, 6.07) is 32.1. The second-order valence-corrected chi connectivity index (χ2v) is 10.1. The summed E-state index contributed by atoms with van der Waals surface area (Å²) < 4.78 is 33.0. The summed E-state index contributed by atoms with van der Waals surface area (Å²) in [6.07, 6.45) is 1.42. The van der Waals surface area contributed by atoms with Crippen LogP contribution in [0.1, 0.15) is 5.56 Å². The lowest BCUT2D eigenvalue weighted by molar-refractivity contribution is -0.119. The molecule has 0 aliphatic heterocycles. The van der Waals surface area contributed by atoms with Crippen LogP contribution in [0.25, 0.3) is 0 Å². The quantitative estimate of drug-likeness (QED) is 0.219. The molecule has 0 aliphatic rings. The molecule has 39 heavy (non-hydrogen) atoms. The fraction of sp³-hybridized carbons (Fsp3) is 0.0690. The molecule has 0 fully saturated rings. The van der Waals surface area contributed by atoms with Gasteiger partial charge >= 0.3 is 0 Å². The molecule has 4 aromatic rings. The molecule has 0 unspecified atom stereocenters. The van der Waals surface area contributed by atoms with E-state index in [1.54, 1.807) is 84.9 Å². The van der Waals surface area contributed by atoms with Crippen LogP contribution in [0.15, 0.2) is 125 Å². The third-order valence-corrected chi connectivity index (χ3v) is 7.16. The number of amides is 2. The predicted molar refractivity (Wildman–Crippen MR) is 150 cm³/mol. The molecule has 2 amide bonds. The van der Waals surface area contributed by atoms with Gasteiger partial charge in [0.05, 0.1) is 16.8 Å². The van der Waals surface area contributed by atoms with E-state index in [-0.39, 0.29) is 17.4 Å². The van der Waals surface area contributed by atoms with E-state index in [0.29, 0.717) is 22.7 Å². The highest BCUT2D eigenvalue weighted by molar-refractivity contribution is 7.92. The first-order chi connectivity index (χ1) is 18.9. The van der Waals surface area contributed by atoms with Gasteiger partial charge in [0.2, 0.25) is 0 Å². The maximum absolute atomic E-state index is 13.3. The van der Waals surface area contributed by atoms with Gasteiger partial charge in [0.1, 0.15) is 12.3 Å². The van der Waals surface area contributed by atoms with E-state index < -0.39 is 22.5 Å². The molecule has 2 N–H and O–H groups in total. The van der Waals surface area contributed by atoms with Crippen molar-refractivity contribution in [2.45, 2.75) is 4.90 Å². The van der Waals surface area contributed by atoms with Crippen molar-refractivity contribution in [2.24, 2.45) is 5.10 Å². The molecule has 0 bridgehead atoms. The van der Waals surface area contributed by atoms with Crippen molar-refractivity contribution in [3.05, 3.63) is 121 Å². The Morgan fingerprint density at radius 2 is 1.36 bits per heavy atom. The number of para-hydroxylation sites is 2. The molecule has 0 saturated carbocycles. The monoisotopic (exact) mass is 542 g/mol. The van der Waals surface area contributed by atoms with Gasteiger partial charge in [-0.2, -0.15) is 5.10 Å². The van der Waals surface area contributed by atoms with Crippen LogP contribution in [0, 0.1) is 0 Å². The maximum Gasteiger partial charge on any atom is 0.264 e. The van der Waals surface area contributed by atoms with Crippen molar-refractivity contribution >= 4 is 39.4 Å². The van der Waals surface area contributed by atoms with Gasteiger partial charge in [0, 0.05) is 5.69 Å². The van der Waals surface area contributed by atoms with E-state index in [2.05, 4.69) is 15.8 Å². The first-order valence-corrected chi connectivity index (χ1v) is 13.4. The fourth-order valence-electron chi connectivity index (χ4n) is 3.49. The smallest absolute Gasteiger partial charge is 0.264 e. The largest absolute Gasteiger partial charge is 0.484 e. The highest BCUT2D eigenvalue weighted by atomic mass is 32.2. The van der Waals surface area contributed by atoms with Crippen molar-refractivity contribution < 1.29 is 22.7 Å². The lowest BCUT2D eigenvalue weighted by Gasteiger charge is -2.23. The minimum absolute atomic E-state index is 0.0741. The summed E-state index contributed by atoms with van der Waals surface area (Å²) in [5, 5.41) is 6.68. The van der Waals surface area contributed by atoms with Gasteiger partial charge in [-0.15, -0.1) is 0 Å². The lowest BCUT2D eigenvalue weighted by Crippen LogP contribution is -2.39. The Morgan fingerprint density at radius 3 is 2.00 bits per heavy atom. The number of carbonyl (C=O) groups excluding carboxylic acids is 2. The van der Waals surface area contributed by atoms with E-state index in [4.69, 9.17) is 4.74 Å². The summed E-state index contributed by atoms with van der Waals surface area (Å²) >= 11 is 0. The lowest BCUT2D eigenvalue weighted by atomic mass is 10.2. The summed E-state index contributed by atoms with van der Waals surface area (Å²) in [6.45, 7) is -0.613. The molecule has 0 atom stereocenters. The van der Waals surface area contributed by atoms with Gasteiger partial charge < -0.3 is 10.1 Å². The van der Waals surface area contributed by atoms with E-state index in [1.165, 1.54) is 18.3 Å². The zero-order valence-electron chi connectivity index (χ0n) is 20.8. The molecule has 0 aromatic heterocycles. The van der Waals surface area contributed by atoms with Crippen LogP contribution in [-0.4, -0.2) is 39.6 Å².